The van der Waals surface area contributed by atoms with Crippen LogP contribution in [0.25, 0.3) is 0 Å². The molecule has 2 aliphatic heterocycles. The third-order valence-electron chi connectivity index (χ3n) is 3.28. The van der Waals surface area contributed by atoms with Gasteiger partial charge in [-0.1, -0.05) is 12.2 Å². The summed E-state index contributed by atoms with van der Waals surface area (Å²) >= 11 is 14.9. The fourth-order valence-corrected chi connectivity index (χ4v) is 4.81. The number of rotatable bonds is 0. The Morgan fingerprint density at radius 3 is 1.73 bits per heavy atom. The van der Waals surface area contributed by atoms with E-state index in [-0.39, 0.29) is 0 Å². The first-order chi connectivity index (χ1) is 7.27. The zero-order valence-electron chi connectivity index (χ0n) is 8.87. The summed E-state index contributed by atoms with van der Waals surface area (Å²) in [6.45, 7) is 0. The standard InChI is InChI=1S/C12H18Cl2S/c13-9-5-3-1-2-4-6-10(14)12-8-7-11(9)15-12/h1-2,9-12H,3-8H2. The van der Waals surface area contributed by atoms with Crippen LogP contribution in [0.3, 0.4) is 0 Å². The van der Waals surface area contributed by atoms with Crippen molar-refractivity contribution in [2.75, 3.05) is 0 Å². The third kappa shape index (κ3) is 3.31. The summed E-state index contributed by atoms with van der Waals surface area (Å²) in [6, 6.07) is 0. The Hall–Kier alpha value is 0.670. The van der Waals surface area contributed by atoms with Crippen LogP contribution in [0.5, 0.6) is 0 Å². The normalized spacial score (nSPS) is 42.5. The Morgan fingerprint density at radius 2 is 1.27 bits per heavy atom. The van der Waals surface area contributed by atoms with E-state index < -0.39 is 0 Å². The molecule has 2 heterocycles. The van der Waals surface area contributed by atoms with Gasteiger partial charge in [-0.15, -0.1) is 23.2 Å². The molecule has 0 aliphatic carbocycles. The van der Waals surface area contributed by atoms with Crippen LogP contribution in [0.2, 0.25) is 0 Å². The molecule has 0 aromatic rings. The summed E-state index contributed by atoms with van der Waals surface area (Å²) in [7, 11) is 0. The quantitative estimate of drug-likeness (QED) is 0.456. The van der Waals surface area contributed by atoms with Crippen LogP contribution < -0.4 is 0 Å². The van der Waals surface area contributed by atoms with E-state index in [0.717, 1.165) is 25.7 Å². The predicted molar refractivity (Wildman–Crippen MR) is 71.3 cm³/mol. The van der Waals surface area contributed by atoms with Crippen molar-refractivity contribution in [3.8, 4) is 0 Å². The third-order valence-corrected chi connectivity index (χ3v) is 6.45. The van der Waals surface area contributed by atoms with Crippen molar-refractivity contribution in [1.82, 2.24) is 0 Å². The second-order valence-electron chi connectivity index (χ2n) is 4.45. The van der Waals surface area contributed by atoms with Crippen LogP contribution in [0.4, 0.5) is 0 Å². The molecular formula is C12H18Cl2S. The van der Waals surface area contributed by atoms with E-state index in [1.54, 1.807) is 0 Å². The van der Waals surface area contributed by atoms with Gasteiger partial charge in [-0.2, -0.15) is 11.8 Å². The fraction of sp³-hybridized carbons (Fsp3) is 0.833. The van der Waals surface area contributed by atoms with E-state index in [9.17, 15) is 0 Å². The molecule has 2 aliphatic rings. The van der Waals surface area contributed by atoms with Gasteiger partial charge < -0.3 is 0 Å². The van der Waals surface area contributed by atoms with E-state index in [1.807, 2.05) is 11.8 Å². The highest BCUT2D eigenvalue weighted by molar-refractivity contribution is 8.01. The van der Waals surface area contributed by atoms with Crippen LogP contribution >= 0.6 is 35.0 Å². The molecule has 0 radical (unpaired) electrons. The molecule has 0 nitrogen and oxygen atoms in total. The van der Waals surface area contributed by atoms with Gasteiger partial charge in [0.15, 0.2) is 0 Å². The Kier molecular flexibility index (Phi) is 4.72. The van der Waals surface area contributed by atoms with Crippen molar-refractivity contribution in [1.29, 1.82) is 0 Å². The van der Waals surface area contributed by atoms with E-state index in [4.69, 9.17) is 23.2 Å². The first kappa shape index (κ1) is 12.1. The number of hydrogen-bond donors (Lipinski definition) is 0. The number of halogens is 2. The summed E-state index contributed by atoms with van der Waals surface area (Å²) in [5.74, 6) is 0. The van der Waals surface area contributed by atoms with Crippen molar-refractivity contribution >= 4 is 35.0 Å². The second-order valence-corrected chi connectivity index (χ2v) is 7.05. The van der Waals surface area contributed by atoms with E-state index >= 15 is 0 Å². The minimum atomic E-state index is 0.339. The lowest BCUT2D eigenvalue weighted by molar-refractivity contribution is 0.632. The first-order valence-corrected chi connectivity index (χ1v) is 7.67. The van der Waals surface area contributed by atoms with Crippen LogP contribution in [-0.4, -0.2) is 21.3 Å². The van der Waals surface area contributed by atoms with Crippen molar-refractivity contribution in [3.05, 3.63) is 12.2 Å². The largest absolute Gasteiger partial charge is 0.152 e. The highest BCUT2D eigenvalue weighted by atomic mass is 35.5. The smallest absolute Gasteiger partial charge is 0.0457 e. The van der Waals surface area contributed by atoms with Crippen molar-refractivity contribution in [2.24, 2.45) is 0 Å². The van der Waals surface area contributed by atoms with Crippen molar-refractivity contribution < 1.29 is 0 Å². The molecule has 0 amide bonds. The molecular weight excluding hydrogens is 247 g/mol. The number of hydrogen-bond acceptors (Lipinski definition) is 1. The summed E-state index contributed by atoms with van der Waals surface area (Å²) in [6.07, 6.45) is 11.6. The zero-order chi connectivity index (χ0) is 10.7. The molecule has 1 saturated heterocycles. The van der Waals surface area contributed by atoms with E-state index in [1.165, 1.54) is 12.8 Å². The van der Waals surface area contributed by atoms with Gasteiger partial charge in [0.1, 0.15) is 0 Å². The Morgan fingerprint density at radius 1 is 0.800 bits per heavy atom. The minimum absolute atomic E-state index is 0.339. The Bertz CT molecular complexity index is 208. The molecule has 0 aromatic carbocycles. The maximum atomic E-state index is 6.42. The molecule has 2 bridgehead atoms. The predicted octanol–water partition coefficient (Wildman–Crippen LogP) is 4.60. The van der Waals surface area contributed by atoms with Gasteiger partial charge in [-0.05, 0) is 38.5 Å². The number of alkyl halides is 2. The van der Waals surface area contributed by atoms with Gasteiger partial charge in [0.05, 0.1) is 0 Å². The molecule has 0 saturated carbocycles. The van der Waals surface area contributed by atoms with Gasteiger partial charge in [0.2, 0.25) is 0 Å². The SMILES string of the molecule is ClC1CCC=CCCC(Cl)C2CCC1S2. The van der Waals surface area contributed by atoms with Gasteiger partial charge in [-0.25, -0.2) is 0 Å². The molecule has 1 fully saturated rings. The molecule has 2 rings (SSSR count). The average Bonchev–Trinajstić information content (AvgIpc) is 2.69. The Balaban J connectivity index is 1.99. The highest BCUT2D eigenvalue weighted by Crippen LogP contribution is 2.42. The maximum absolute atomic E-state index is 6.42. The fourth-order valence-electron chi connectivity index (χ4n) is 2.34. The lowest BCUT2D eigenvalue weighted by Gasteiger charge is -2.18. The van der Waals surface area contributed by atoms with E-state index in [2.05, 4.69) is 12.2 Å². The van der Waals surface area contributed by atoms with Crippen molar-refractivity contribution in [3.63, 3.8) is 0 Å². The lowest BCUT2D eigenvalue weighted by Crippen LogP contribution is -2.16. The van der Waals surface area contributed by atoms with Crippen LogP contribution in [0.1, 0.15) is 38.5 Å². The molecule has 0 spiro atoms. The van der Waals surface area contributed by atoms with Crippen LogP contribution in [0, 0.1) is 0 Å². The van der Waals surface area contributed by atoms with E-state index in [0.29, 0.717) is 21.3 Å². The molecule has 0 aromatic heterocycles. The zero-order valence-corrected chi connectivity index (χ0v) is 11.2. The topological polar surface area (TPSA) is 0 Å². The average molecular weight is 265 g/mol. The summed E-state index contributed by atoms with van der Waals surface area (Å²) in [5, 5.41) is 1.96. The van der Waals surface area contributed by atoms with Gasteiger partial charge in [0.25, 0.3) is 0 Å². The molecule has 4 unspecified atom stereocenters. The van der Waals surface area contributed by atoms with Gasteiger partial charge >= 0.3 is 0 Å². The molecule has 15 heavy (non-hydrogen) atoms. The van der Waals surface area contributed by atoms with Crippen LogP contribution in [0.15, 0.2) is 12.2 Å². The number of allylic oxidation sites excluding steroid dienone is 2. The van der Waals surface area contributed by atoms with Gasteiger partial charge in [0, 0.05) is 21.3 Å². The molecule has 3 heteroatoms. The summed E-state index contributed by atoms with van der Waals surface area (Å²) in [5.41, 5.74) is 0. The van der Waals surface area contributed by atoms with Gasteiger partial charge in [-0.3, -0.25) is 0 Å². The molecule has 0 N–H and O–H groups in total. The minimum Gasteiger partial charge on any atom is -0.152 e. The second kappa shape index (κ2) is 5.84. The highest BCUT2D eigenvalue weighted by Gasteiger charge is 2.33. The molecule has 86 valence electrons. The molecule has 4 atom stereocenters. The van der Waals surface area contributed by atoms with Crippen molar-refractivity contribution in [2.45, 2.75) is 59.8 Å². The van der Waals surface area contributed by atoms with Crippen LogP contribution in [-0.2, 0) is 0 Å². The lowest BCUT2D eigenvalue weighted by atomic mass is 10.0. The monoisotopic (exact) mass is 264 g/mol. The number of thioether (sulfide) groups is 1. The summed E-state index contributed by atoms with van der Waals surface area (Å²) < 4.78 is 0. The maximum Gasteiger partial charge on any atom is 0.0457 e. The number of fused-ring (bicyclic) bond motifs is 2. The first-order valence-electron chi connectivity index (χ1n) is 5.86. The Labute approximate surface area is 107 Å². The summed E-state index contributed by atoms with van der Waals surface area (Å²) in [4.78, 5) is 0.